The summed E-state index contributed by atoms with van der Waals surface area (Å²) in [6.07, 6.45) is 54.2. The zero-order valence-electron chi connectivity index (χ0n) is 59.3. The van der Waals surface area contributed by atoms with Crippen molar-refractivity contribution in [1.29, 1.82) is 0 Å². The fraction of sp³-hybridized carbons (Fsp3) is 0.567. The number of H-pyrrole nitrogens is 1. The predicted molar refractivity (Wildman–Crippen MR) is 402 cm³/mol. The number of aromatic nitrogens is 2. The minimum atomic E-state index is -0.109. The molecule has 0 unspecified atom stereocenters. The Balaban J connectivity index is 1.22. The number of nitrogens with one attached hydrogen (secondary N) is 1. The van der Waals surface area contributed by atoms with E-state index in [2.05, 4.69) is 174 Å². The van der Waals surface area contributed by atoms with Crippen LogP contribution in [0.25, 0.3) is 67.3 Å². The zero-order chi connectivity index (χ0) is 63.9. The van der Waals surface area contributed by atoms with Crippen LogP contribution in [0.4, 0.5) is 0 Å². The lowest BCUT2D eigenvalue weighted by Crippen LogP contribution is -2.27. The van der Waals surface area contributed by atoms with E-state index >= 15 is 0 Å². The smallest absolute Gasteiger partial charge is 0.138 e. The van der Waals surface area contributed by atoms with Gasteiger partial charge < -0.3 is 4.98 Å². The largest absolute Gasteiger partial charge is 0.337 e. The van der Waals surface area contributed by atoms with E-state index in [9.17, 15) is 0 Å². The Morgan fingerprint density at radius 3 is 0.804 bits per heavy atom. The molecule has 0 bridgehead atoms. The molecule has 2 heteroatoms. The molecule has 0 fully saturated rings. The molecule has 7 aromatic rings. The van der Waals surface area contributed by atoms with Gasteiger partial charge in [0.25, 0.3) is 0 Å². The molecular formula is C90H124N2. The summed E-state index contributed by atoms with van der Waals surface area (Å²) in [7, 11) is 0. The van der Waals surface area contributed by atoms with Crippen LogP contribution >= 0.6 is 0 Å². The summed E-state index contributed by atoms with van der Waals surface area (Å²) in [5.41, 5.74) is 24.3. The first kappa shape index (κ1) is 69.4. The van der Waals surface area contributed by atoms with Gasteiger partial charge in [0.15, 0.2) is 0 Å². The molecular weight excluding hydrogens is 1110 g/mol. The highest BCUT2D eigenvalue weighted by Gasteiger charge is 2.48. The molecule has 1 aromatic heterocycles. The van der Waals surface area contributed by atoms with Crippen molar-refractivity contribution in [3.8, 4) is 67.3 Å². The van der Waals surface area contributed by atoms with Crippen molar-refractivity contribution in [1.82, 2.24) is 9.97 Å². The number of nitrogens with zero attached hydrogens (tertiary/aromatic N) is 1. The van der Waals surface area contributed by atoms with Gasteiger partial charge in [0.1, 0.15) is 5.82 Å². The lowest BCUT2D eigenvalue weighted by Gasteiger charge is -2.35. The van der Waals surface area contributed by atoms with E-state index in [1.54, 1.807) is 33.4 Å². The molecule has 3 aliphatic rings. The van der Waals surface area contributed by atoms with Crippen molar-refractivity contribution in [2.45, 2.75) is 327 Å². The molecule has 0 saturated heterocycles. The van der Waals surface area contributed by atoms with E-state index in [1.807, 2.05) is 0 Å². The van der Waals surface area contributed by atoms with E-state index in [4.69, 9.17) is 4.98 Å². The molecule has 0 amide bonds. The topological polar surface area (TPSA) is 28.7 Å². The third-order valence-corrected chi connectivity index (χ3v) is 23.1. The van der Waals surface area contributed by atoms with Gasteiger partial charge in [-0.2, -0.15) is 0 Å². The molecule has 0 atom stereocenters. The van der Waals surface area contributed by atoms with Crippen LogP contribution in [0.2, 0.25) is 0 Å². The summed E-state index contributed by atoms with van der Waals surface area (Å²) in [4.78, 5) is 11.0. The lowest BCUT2D eigenvalue weighted by molar-refractivity contribution is 0.398. The average molecular weight is 1230 g/mol. The van der Waals surface area contributed by atoms with Crippen molar-refractivity contribution in [3.63, 3.8) is 0 Å². The van der Waals surface area contributed by atoms with E-state index < -0.39 is 0 Å². The summed E-state index contributed by atoms with van der Waals surface area (Å²) in [6.45, 7) is 14.2. The Morgan fingerprint density at radius 2 is 0.478 bits per heavy atom. The third-order valence-electron chi connectivity index (χ3n) is 23.1. The van der Waals surface area contributed by atoms with Gasteiger partial charge in [-0.3, -0.25) is 0 Å². The second-order valence-corrected chi connectivity index (χ2v) is 29.5. The van der Waals surface area contributed by atoms with Crippen LogP contribution in [0.1, 0.15) is 345 Å². The molecule has 0 radical (unpaired) electrons. The highest BCUT2D eigenvalue weighted by molar-refractivity contribution is 5.96. The average Bonchev–Trinajstić information content (AvgIpc) is 1.55. The second kappa shape index (κ2) is 35.3. The number of aromatic amines is 1. The van der Waals surface area contributed by atoms with Gasteiger partial charge in [0.2, 0.25) is 0 Å². The molecule has 1 N–H and O–H groups in total. The Labute approximate surface area is 562 Å². The third kappa shape index (κ3) is 15.4. The molecule has 1 heterocycles. The molecule has 2 nitrogen and oxygen atoms in total. The normalized spacial score (nSPS) is 14.3. The number of hydrogen-bond acceptors (Lipinski definition) is 1. The number of rotatable bonds is 45. The zero-order valence-corrected chi connectivity index (χ0v) is 59.3. The van der Waals surface area contributed by atoms with Crippen molar-refractivity contribution < 1.29 is 0 Å². The SMILES string of the molecule is CCCCCCCCC1(CCCCCCCC)c2ccccc2-c2cccc(-c3nc(-c4cccc5c4C(CCCCCCCC)(CCCCCCCC)c4ccccc4-5)c(-c4cccc5c4C(CCCCCCCC)(CCCCCCCC)c4ccccc4-5)[nH]3)c21. The van der Waals surface area contributed by atoms with Crippen LogP contribution in [0, 0.1) is 0 Å². The van der Waals surface area contributed by atoms with Gasteiger partial charge >= 0.3 is 0 Å². The summed E-state index contributed by atoms with van der Waals surface area (Å²) < 4.78 is 0. The van der Waals surface area contributed by atoms with Gasteiger partial charge in [0.05, 0.1) is 11.4 Å². The molecule has 494 valence electrons. The van der Waals surface area contributed by atoms with E-state index in [-0.39, 0.29) is 16.2 Å². The predicted octanol–water partition coefficient (Wildman–Crippen LogP) is 28.7. The Hall–Kier alpha value is -5.47. The van der Waals surface area contributed by atoms with Crippen molar-refractivity contribution >= 4 is 0 Å². The van der Waals surface area contributed by atoms with Crippen LogP contribution in [0.3, 0.4) is 0 Å². The van der Waals surface area contributed by atoms with Crippen LogP contribution < -0.4 is 0 Å². The Kier molecular flexibility index (Phi) is 26.6. The highest BCUT2D eigenvalue weighted by atomic mass is 14.9. The first-order chi connectivity index (χ1) is 45.5. The first-order valence-corrected chi connectivity index (χ1v) is 39.3. The van der Waals surface area contributed by atoms with E-state index in [1.165, 1.54) is 331 Å². The summed E-state index contributed by atoms with van der Waals surface area (Å²) in [5, 5.41) is 0. The van der Waals surface area contributed by atoms with Gasteiger partial charge in [-0.15, -0.1) is 0 Å². The van der Waals surface area contributed by atoms with Crippen molar-refractivity contribution in [3.05, 3.63) is 161 Å². The summed E-state index contributed by atoms with van der Waals surface area (Å²) in [6, 6.07) is 51.6. The minimum absolute atomic E-state index is 0.0940. The maximum absolute atomic E-state index is 6.43. The summed E-state index contributed by atoms with van der Waals surface area (Å²) in [5.74, 6) is 1.06. The Morgan fingerprint density at radius 1 is 0.239 bits per heavy atom. The van der Waals surface area contributed by atoms with Gasteiger partial charge in [-0.05, 0) is 105 Å². The van der Waals surface area contributed by atoms with E-state index in [0.29, 0.717) is 0 Å². The molecule has 10 rings (SSSR count). The van der Waals surface area contributed by atoms with Crippen LogP contribution in [-0.4, -0.2) is 9.97 Å². The number of imidazole rings is 1. The number of unbranched alkanes of at least 4 members (excludes halogenated alkanes) is 30. The standard InChI is InChI=1S/C90H124N2/c1-7-13-19-25-31-43-64-88(65-44-32-26-20-14-8-2)79-61-40-37-52-70(79)73-55-49-58-76(82(73)88)85-86(77-59-50-56-74-71-53-38-41-62-80(71)89(83(74)77,66-45-33-27-21-15-9-3)67-46-34-28-22-16-10-4)92-87(91-85)78-60-51-57-75-72-54-39-42-63-81(72)90(84(75)78,68-47-35-29-23-17-11-5)69-48-36-30-24-18-12-6/h37-42,49-63H,7-36,43-48,64-69H2,1-6H3,(H,91,92). The number of hydrogen-bond donors (Lipinski definition) is 1. The maximum atomic E-state index is 6.43. The van der Waals surface area contributed by atoms with Gasteiger partial charge in [-0.1, -0.05) is 400 Å². The highest BCUT2D eigenvalue weighted by Crippen LogP contribution is 2.62. The molecule has 0 aliphatic heterocycles. The fourth-order valence-corrected chi connectivity index (χ4v) is 18.4. The molecule has 3 aliphatic carbocycles. The van der Waals surface area contributed by atoms with Crippen molar-refractivity contribution in [2.24, 2.45) is 0 Å². The molecule has 0 spiro atoms. The fourth-order valence-electron chi connectivity index (χ4n) is 18.4. The lowest BCUT2D eigenvalue weighted by atomic mass is 9.68. The number of fused-ring (bicyclic) bond motifs is 9. The molecule has 6 aromatic carbocycles. The minimum Gasteiger partial charge on any atom is -0.337 e. The molecule has 0 saturated carbocycles. The second-order valence-electron chi connectivity index (χ2n) is 29.5. The van der Waals surface area contributed by atoms with Crippen LogP contribution in [0.15, 0.2) is 127 Å². The van der Waals surface area contributed by atoms with Crippen molar-refractivity contribution in [2.75, 3.05) is 0 Å². The monoisotopic (exact) mass is 1230 g/mol. The van der Waals surface area contributed by atoms with Crippen LogP contribution in [0.5, 0.6) is 0 Å². The first-order valence-electron chi connectivity index (χ1n) is 39.3. The van der Waals surface area contributed by atoms with Gasteiger partial charge in [0, 0.05) is 32.9 Å². The van der Waals surface area contributed by atoms with Gasteiger partial charge in [-0.25, -0.2) is 4.98 Å². The molecule has 92 heavy (non-hydrogen) atoms. The van der Waals surface area contributed by atoms with Crippen LogP contribution in [-0.2, 0) is 16.2 Å². The summed E-state index contributed by atoms with van der Waals surface area (Å²) >= 11 is 0. The maximum Gasteiger partial charge on any atom is 0.138 e. The number of benzene rings is 6. The van der Waals surface area contributed by atoms with E-state index in [0.717, 1.165) is 5.82 Å². The quantitative estimate of drug-likeness (QED) is 0.0379. The Bertz CT molecular complexity index is 3140.